The van der Waals surface area contributed by atoms with Crippen LogP contribution >= 0.6 is 0 Å². The summed E-state index contributed by atoms with van der Waals surface area (Å²) < 4.78 is 0. The Morgan fingerprint density at radius 3 is 1.76 bits per heavy atom. The first kappa shape index (κ1) is 19.9. The standard InChI is InChI=1S/C17H32O4/c1-7-9-12(8-2)14(16(20)21)13(15(18)19)11(3)10-17(4,5)6/h11-14H,7-10H2,1-6H3,(H,18,19)(H,20,21). The van der Waals surface area contributed by atoms with Crippen LogP contribution in [-0.2, 0) is 9.59 Å². The number of carbonyl (C=O) groups is 2. The number of carboxylic acid groups (broad SMARTS) is 2. The van der Waals surface area contributed by atoms with Gasteiger partial charge in [-0.1, -0.05) is 54.4 Å². The first-order valence-corrected chi connectivity index (χ1v) is 8.00. The summed E-state index contributed by atoms with van der Waals surface area (Å²) in [6.45, 7) is 12.0. The molecule has 0 saturated heterocycles. The van der Waals surface area contributed by atoms with E-state index < -0.39 is 23.8 Å². The van der Waals surface area contributed by atoms with E-state index in [-0.39, 0.29) is 17.3 Å². The van der Waals surface area contributed by atoms with Gasteiger partial charge in [0.25, 0.3) is 0 Å². The zero-order valence-corrected chi connectivity index (χ0v) is 14.3. The second-order valence-corrected chi connectivity index (χ2v) is 7.43. The second kappa shape index (κ2) is 8.40. The number of rotatable bonds is 9. The third kappa shape index (κ3) is 6.49. The van der Waals surface area contributed by atoms with Gasteiger partial charge in [0.15, 0.2) is 0 Å². The minimum absolute atomic E-state index is 0.0113. The molecule has 0 radical (unpaired) electrons. The van der Waals surface area contributed by atoms with Gasteiger partial charge in [-0.15, -0.1) is 0 Å². The van der Waals surface area contributed by atoms with Crippen LogP contribution in [0.15, 0.2) is 0 Å². The number of hydrogen-bond donors (Lipinski definition) is 2. The Balaban J connectivity index is 5.44. The van der Waals surface area contributed by atoms with Gasteiger partial charge in [-0.25, -0.2) is 0 Å². The lowest BCUT2D eigenvalue weighted by molar-refractivity contribution is -0.159. The molecule has 4 nitrogen and oxygen atoms in total. The van der Waals surface area contributed by atoms with Gasteiger partial charge < -0.3 is 10.2 Å². The van der Waals surface area contributed by atoms with Crippen molar-refractivity contribution in [3.8, 4) is 0 Å². The highest BCUT2D eigenvalue weighted by atomic mass is 16.4. The van der Waals surface area contributed by atoms with Gasteiger partial charge in [0.05, 0.1) is 11.8 Å². The average Bonchev–Trinajstić information content (AvgIpc) is 2.29. The van der Waals surface area contributed by atoms with Crippen molar-refractivity contribution in [2.45, 2.75) is 67.2 Å². The molecular weight excluding hydrogens is 268 g/mol. The van der Waals surface area contributed by atoms with Crippen LogP contribution < -0.4 is 0 Å². The molecule has 0 aliphatic rings. The van der Waals surface area contributed by atoms with Gasteiger partial charge in [-0.2, -0.15) is 0 Å². The topological polar surface area (TPSA) is 74.6 Å². The predicted octanol–water partition coefficient (Wildman–Crippen LogP) is 4.29. The van der Waals surface area contributed by atoms with Crippen LogP contribution in [0.25, 0.3) is 0 Å². The van der Waals surface area contributed by atoms with Crippen LogP contribution in [0.2, 0.25) is 0 Å². The molecule has 0 heterocycles. The van der Waals surface area contributed by atoms with Gasteiger partial charge in [-0.3, -0.25) is 9.59 Å². The summed E-state index contributed by atoms with van der Waals surface area (Å²) in [7, 11) is 0. The van der Waals surface area contributed by atoms with E-state index in [1.165, 1.54) is 0 Å². The fraction of sp³-hybridized carbons (Fsp3) is 0.882. The third-order valence-corrected chi connectivity index (χ3v) is 4.20. The molecule has 0 amide bonds. The first-order chi connectivity index (χ1) is 9.55. The molecule has 4 atom stereocenters. The quantitative estimate of drug-likeness (QED) is 0.666. The normalized spacial score (nSPS) is 17.8. The SMILES string of the molecule is CCCC(CC)C(C(=O)O)C(C(=O)O)C(C)CC(C)(C)C. The van der Waals surface area contributed by atoms with Crippen LogP contribution in [0, 0.1) is 29.1 Å². The molecule has 0 aromatic rings. The molecule has 0 saturated carbocycles. The maximum atomic E-state index is 11.7. The molecule has 124 valence electrons. The summed E-state index contributed by atoms with van der Waals surface area (Å²) in [5.41, 5.74) is -0.0113. The fourth-order valence-electron chi connectivity index (χ4n) is 3.50. The Bertz CT molecular complexity index is 343. The van der Waals surface area contributed by atoms with E-state index in [0.717, 1.165) is 12.8 Å². The summed E-state index contributed by atoms with van der Waals surface area (Å²) in [6, 6.07) is 0. The molecule has 4 unspecified atom stereocenters. The van der Waals surface area contributed by atoms with E-state index >= 15 is 0 Å². The van der Waals surface area contributed by atoms with Crippen LogP contribution in [0.3, 0.4) is 0 Å². The van der Waals surface area contributed by atoms with Gasteiger partial charge in [0, 0.05) is 0 Å². The highest BCUT2D eigenvalue weighted by molar-refractivity contribution is 5.80. The Labute approximate surface area is 128 Å². The number of carboxylic acids is 2. The van der Waals surface area contributed by atoms with Gasteiger partial charge in [0.1, 0.15) is 0 Å². The van der Waals surface area contributed by atoms with Crippen LogP contribution in [0.1, 0.15) is 67.2 Å². The maximum Gasteiger partial charge on any atom is 0.307 e. The lowest BCUT2D eigenvalue weighted by atomic mass is 9.69. The molecule has 4 heteroatoms. The Morgan fingerprint density at radius 2 is 1.48 bits per heavy atom. The maximum absolute atomic E-state index is 11.7. The molecule has 0 spiro atoms. The third-order valence-electron chi connectivity index (χ3n) is 4.20. The zero-order valence-electron chi connectivity index (χ0n) is 14.3. The van der Waals surface area contributed by atoms with Crippen LogP contribution in [0.5, 0.6) is 0 Å². The van der Waals surface area contributed by atoms with Crippen molar-refractivity contribution in [2.75, 3.05) is 0 Å². The first-order valence-electron chi connectivity index (χ1n) is 8.00. The van der Waals surface area contributed by atoms with Crippen molar-refractivity contribution in [1.29, 1.82) is 0 Å². The lowest BCUT2D eigenvalue weighted by Crippen LogP contribution is -2.40. The number of hydrogen-bond acceptors (Lipinski definition) is 2. The Hall–Kier alpha value is -1.06. The van der Waals surface area contributed by atoms with Gasteiger partial charge >= 0.3 is 11.9 Å². The Kier molecular flexibility index (Phi) is 7.98. The lowest BCUT2D eigenvalue weighted by Gasteiger charge is -2.34. The summed E-state index contributed by atoms with van der Waals surface area (Å²) >= 11 is 0. The van der Waals surface area contributed by atoms with Crippen molar-refractivity contribution in [2.24, 2.45) is 29.1 Å². The van der Waals surface area contributed by atoms with Crippen molar-refractivity contribution in [3.63, 3.8) is 0 Å². The molecule has 2 N–H and O–H groups in total. The van der Waals surface area contributed by atoms with Crippen LogP contribution in [0.4, 0.5) is 0 Å². The van der Waals surface area contributed by atoms with E-state index in [1.807, 2.05) is 20.8 Å². The predicted molar refractivity (Wildman–Crippen MR) is 84.2 cm³/mol. The second-order valence-electron chi connectivity index (χ2n) is 7.43. The van der Waals surface area contributed by atoms with Crippen molar-refractivity contribution < 1.29 is 19.8 Å². The van der Waals surface area contributed by atoms with E-state index in [2.05, 4.69) is 20.8 Å². The van der Waals surface area contributed by atoms with Gasteiger partial charge in [-0.05, 0) is 30.1 Å². The highest BCUT2D eigenvalue weighted by Crippen LogP contribution is 2.37. The minimum atomic E-state index is -0.978. The van der Waals surface area contributed by atoms with Crippen molar-refractivity contribution in [1.82, 2.24) is 0 Å². The largest absolute Gasteiger partial charge is 0.481 e. The van der Waals surface area contributed by atoms with E-state index in [4.69, 9.17) is 0 Å². The highest BCUT2D eigenvalue weighted by Gasteiger charge is 2.42. The summed E-state index contributed by atoms with van der Waals surface area (Å²) in [5.74, 6) is -3.80. The summed E-state index contributed by atoms with van der Waals surface area (Å²) in [4.78, 5) is 23.5. The van der Waals surface area contributed by atoms with Crippen LogP contribution in [-0.4, -0.2) is 22.2 Å². The molecule has 0 bridgehead atoms. The fourth-order valence-corrected chi connectivity index (χ4v) is 3.50. The van der Waals surface area contributed by atoms with E-state index in [1.54, 1.807) is 0 Å². The average molecular weight is 300 g/mol. The monoisotopic (exact) mass is 300 g/mol. The summed E-state index contributed by atoms with van der Waals surface area (Å²) in [5, 5.41) is 19.2. The molecule has 0 aliphatic heterocycles. The molecule has 0 aromatic heterocycles. The summed E-state index contributed by atoms with van der Waals surface area (Å²) in [6.07, 6.45) is 3.05. The molecular formula is C17H32O4. The molecule has 0 aliphatic carbocycles. The number of aliphatic carboxylic acids is 2. The van der Waals surface area contributed by atoms with E-state index in [9.17, 15) is 19.8 Å². The van der Waals surface area contributed by atoms with Gasteiger partial charge in [0.2, 0.25) is 0 Å². The molecule has 0 aromatic carbocycles. The minimum Gasteiger partial charge on any atom is -0.481 e. The molecule has 0 rings (SSSR count). The molecule has 21 heavy (non-hydrogen) atoms. The molecule has 0 fully saturated rings. The Morgan fingerprint density at radius 1 is 1.00 bits per heavy atom. The van der Waals surface area contributed by atoms with Crippen molar-refractivity contribution in [3.05, 3.63) is 0 Å². The van der Waals surface area contributed by atoms with E-state index in [0.29, 0.717) is 12.8 Å². The smallest absolute Gasteiger partial charge is 0.307 e. The zero-order chi connectivity index (χ0) is 16.8. The van der Waals surface area contributed by atoms with Crippen molar-refractivity contribution >= 4 is 11.9 Å².